The van der Waals surface area contributed by atoms with Gasteiger partial charge in [0.05, 0.1) is 0 Å². The van der Waals surface area contributed by atoms with Gasteiger partial charge >= 0.3 is 0 Å². The molecule has 4 amide bonds. The van der Waals surface area contributed by atoms with Crippen LogP contribution in [0.3, 0.4) is 0 Å². The fourth-order valence-electron chi connectivity index (χ4n) is 3.31. The average Bonchev–Trinajstić information content (AvgIpc) is 3.06. The second kappa shape index (κ2) is 12.6. The molecular formula is C18H34ClN5O4. The van der Waals surface area contributed by atoms with Gasteiger partial charge < -0.3 is 27.0 Å². The molecule has 9 nitrogen and oxygen atoms in total. The summed E-state index contributed by atoms with van der Waals surface area (Å²) in [5, 5.41) is 5.34. The molecular weight excluding hydrogens is 386 g/mol. The van der Waals surface area contributed by atoms with E-state index in [1.807, 2.05) is 0 Å². The van der Waals surface area contributed by atoms with Crippen molar-refractivity contribution >= 4 is 36.0 Å². The van der Waals surface area contributed by atoms with Crippen molar-refractivity contribution in [1.82, 2.24) is 15.5 Å². The maximum atomic E-state index is 13.0. The van der Waals surface area contributed by atoms with Crippen molar-refractivity contribution in [3.63, 3.8) is 0 Å². The maximum Gasteiger partial charge on any atom is 0.245 e. The monoisotopic (exact) mass is 419 g/mol. The number of carbonyl (C=O) groups is 4. The summed E-state index contributed by atoms with van der Waals surface area (Å²) in [7, 11) is 0. The van der Waals surface area contributed by atoms with Crippen LogP contribution in [0.2, 0.25) is 0 Å². The Morgan fingerprint density at radius 3 is 2.29 bits per heavy atom. The van der Waals surface area contributed by atoms with Gasteiger partial charge in [-0.05, 0) is 44.6 Å². The first-order valence-corrected chi connectivity index (χ1v) is 9.56. The smallest absolute Gasteiger partial charge is 0.245 e. The summed E-state index contributed by atoms with van der Waals surface area (Å²) in [4.78, 5) is 50.1. The SMILES string of the molecule is CC(=O)N[C@@H](CCCCN)C(=O)N1CCC[C@H]1C(=O)N[C@H](C(N)=O)C(C)C.Cl. The lowest BCUT2D eigenvalue weighted by Gasteiger charge is -2.30. The minimum atomic E-state index is -0.786. The summed E-state index contributed by atoms with van der Waals surface area (Å²) in [6.07, 6.45) is 3.12. The first-order chi connectivity index (χ1) is 12.7. The third kappa shape index (κ3) is 7.63. The van der Waals surface area contributed by atoms with Gasteiger partial charge in [0.25, 0.3) is 0 Å². The molecule has 0 radical (unpaired) electrons. The Morgan fingerprint density at radius 1 is 1.14 bits per heavy atom. The Morgan fingerprint density at radius 2 is 1.79 bits per heavy atom. The van der Waals surface area contributed by atoms with E-state index in [-0.39, 0.29) is 36.0 Å². The Balaban J connectivity index is 0.00000729. The number of unbranched alkanes of at least 4 members (excludes halogenated alkanes) is 1. The number of nitrogens with one attached hydrogen (secondary N) is 2. The first-order valence-electron chi connectivity index (χ1n) is 9.56. The minimum absolute atomic E-state index is 0. The molecule has 1 aliphatic heterocycles. The van der Waals surface area contributed by atoms with Crippen molar-refractivity contribution in [2.75, 3.05) is 13.1 Å². The van der Waals surface area contributed by atoms with Crippen molar-refractivity contribution in [2.45, 2.75) is 71.0 Å². The molecule has 0 saturated carbocycles. The van der Waals surface area contributed by atoms with Crippen LogP contribution in [0.15, 0.2) is 0 Å². The molecule has 1 rings (SSSR count). The molecule has 0 spiro atoms. The predicted octanol–water partition coefficient (Wildman–Crippen LogP) is -0.341. The van der Waals surface area contributed by atoms with Gasteiger partial charge in [-0.15, -0.1) is 12.4 Å². The van der Waals surface area contributed by atoms with Crippen LogP contribution in [-0.4, -0.2) is 59.7 Å². The Labute approximate surface area is 172 Å². The first kappa shape index (κ1) is 26.1. The van der Waals surface area contributed by atoms with Crippen LogP contribution >= 0.6 is 12.4 Å². The number of carbonyl (C=O) groups excluding carboxylic acids is 4. The van der Waals surface area contributed by atoms with Gasteiger partial charge in [-0.3, -0.25) is 19.2 Å². The summed E-state index contributed by atoms with van der Waals surface area (Å²) >= 11 is 0. The molecule has 1 heterocycles. The van der Waals surface area contributed by atoms with Crippen molar-refractivity contribution in [3.8, 4) is 0 Å². The summed E-state index contributed by atoms with van der Waals surface area (Å²) in [6.45, 7) is 5.89. The summed E-state index contributed by atoms with van der Waals surface area (Å²) in [5.74, 6) is -1.72. The fourth-order valence-corrected chi connectivity index (χ4v) is 3.31. The van der Waals surface area contributed by atoms with Crippen molar-refractivity contribution < 1.29 is 19.2 Å². The molecule has 1 aliphatic rings. The van der Waals surface area contributed by atoms with Gasteiger partial charge in [-0.2, -0.15) is 0 Å². The van der Waals surface area contributed by atoms with E-state index in [0.717, 1.165) is 6.42 Å². The van der Waals surface area contributed by atoms with Crippen LogP contribution in [0.1, 0.15) is 52.9 Å². The van der Waals surface area contributed by atoms with Crippen LogP contribution in [0.5, 0.6) is 0 Å². The third-order valence-corrected chi connectivity index (χ3v) is 4.73. The molecule has 3 atom stereocenters. The number of nitrogens with two attached hydrogens (primary N) is 2. The standard InChI is InChI=1S/C18H33N5O4.ClH/c1-11(2)15(16(20)25)22-17(26)14-8-6-10-23(14)18(27)13(21-12(3)24)7-4-5-9-19;/h11,13-15H,4-10,19H2,1-3H3,(H2,20,25)(H,21,24)(H,22,26);1H/t13-,14-,15-;/m0./s1. The lowest BCUT2D eigenvalue weighted by atomic mass is 10.0. The number of nitrogens with zero attached hydrogens (tertiary/aromatic N) is 1. The van der Waals surface area contributed by atoms with Crippen molar-refractivity contribution in [3.05, 3.63) is 0 Å². The second-order valence-corrected chi connectivity index (χ2v) is 7.36. The topological polar surface area (TPSA) is 148 Å². The van der Waals surface area contributed by atoms with Crippen LogP contribution in [-0.2, 0) is 19.2 Å². The molecule has 28 heavy (non-hydrogen) atoms. The molecule has 162 valence electrons. The third-order valence-electron chi connectivity index (χ3n) is 4.73. The van der Waals surface area contributed by atoms with Gasteiger partial charge in [-0.25, -0.2) is 0 Å². The van der Waals surface area contributed by atoms with Gasteiger partial charge in [-0.1, -0.05) is 13.8 Å². The van der Waals surface area contributed by atoms with E-state index >= 15 is 0 Å². The molecule has 0 aromatic carbocycles. The number of rotatable bonds is 10. The molecule has 0 aromatic heterocycles. The molecule has 0 unspecified atom stereocenters. The highest BCUT2D eigenvalue weighted by molar-refractivity contribution is 5.94. The molecule has 0 aromatic rings. The van der Waals surface area contributed by atoms with E-state index in [2.05, 4.69) is 10.6 Å². The summed E-state index contributed by atoms with van der Waals surface area (Å²) in [6, 6.07) is -2.13. The van der Waals surface area contributed by atoms with E-state index in [9.17, 15) is 19.2 Å². The second-order valence-electron chi connectivity index (χ2n) is 7.36. The van der Waals surface area contributed by atoms with E-state index in [4.69, 9.17) is 11.5 Å². The van der Waals surface area contributed by atoms with Crippen LogP contribution in [0, 0.1) is 5.92 Å². The number of halogens is 1. The summed E-state index contributed by atoms with van der Waals surface area (Å²) in [5.41, 5.74) is 10.9. The number of primary amides is 1. The number of hydrogen-bond donors (Lipinski definition) is 4. The van der Waals surface area contributed by atoms with Gasteiger partial charge in [0.1, 0.15) is 18.1 Å². The van der Waals surface area contributed by atoms with Crippen molar-refractivity contribution in [2.24, 2.45) is 17.4 Å². The van der Waals surface area contributed by atoms with E-state index in [1.165, 1.54) is 11.8 Å². The molecule has 0 bridgehead atoms. The highest BCUT2D eigenvalue weighted by Crippen LogP contribution is 2.20. The van der Waals surface area contributed by atoms with Gasteiger partial charge in [0, 0.05) is 13.5 Å². The zero-order chi connectivity index (χ0) is 20.6. The number of amides is 4. The van der Waals surface area contributed by atoms with Crippen LogP contribution in [0.4, 0.5) is 0 Å². The lowest BCUT2D eigenvalue weighted by molar-refractivity contribution is -0.142. The van der Waals surface area contributed by atoms with Crippen LogP contribution < -0.4 is 22.1 Å². The Kier molecular flexibility index (Phi) is 11.7. The normalized spacial score (nSPS) is 18.2. The molecule has 6 N–H and O–H groups in total. The highest BCUT2D eigenvalue weighted by atomic mass is 35.5. The molecule has 1 saturated heterocycles. The molecule has 1 fully saturated rings. The fraction of sp³-hybridized carbons (Fsp3) is 0.778. The van der Waals surface area contributed by atoms with Crippen molar-refractivity contribution in [1.29, 1.82) is 0 Å². The largest absolute Gasteiger partial charge is 0.368 e. The van der Waals surface area contributed by atoms with E-state index in [1.54, 1.807) is 13.8 Å². The number of hydrogen-bond acceptors (Lipinski definition) is 5. The summed E-state index contributed by atoms with van der Waals surface area (Å²) < 4.78 is 0. The predicted molar refractivity (Wildman–Crippen MR) is 108 cm³/mol. The highest BCUT2D eigenvalue weighted by Gasteiger charge is 2.38. The zero-order valence-electron chi connectivity index (χ0n) is 16.9. The van der Waals surface area contributed by atoms with E-state index in [0.29, 0.717) is 38.8 Å². The molecule has 10 heteroatoms. The maximum absolute atomic E-state index is 13.0. The van der Waals surface area contributed by atoms with Crippen LogP contribution in [0.25, 0.3) is 0 Å². The average molecular weight is 420 g/mol. The Bertz CT molecular complexity index is 558. The van der Waals surface area contributed by atoms with Gasteiger partial charge in [0.2, 0.25) is 23.6 Å². The van der Waals surface area contributed by atoms with Gasteiger partial charge in [0.15, 0.2) is 0 Å². The minimum Gasteiger partial charge on any atom is -0.368 e. The quantitative estimate of drug-likeness (QED) is 0.357. The zero-order valence-corrected chi connectivity index (χ0v) is 17.7. The van der Waals surface area contributed by atoms with E-state index < -0.39 is 24.0 Å². The number of likely N-dealkylation sites (tertiary alicyclic amines) is 1. The Hall–Kier alpha value is -1.87. The molecule has 0 aliphatic carbocycles. The lowest BCUT2D eigenvalue weighted by Crippen LogP contribution is -2.56.